The van der Waals surface area contributed by atoms with E-state index in [4.69, 9.17) is 14.2 Å². The molecule has 1 aromatic rings. The summed E-state index contributed by atoms with van der Waals surface area (Å²) in [4.78, 5) is 0.220. The van der Waals surface area contributed by atoms with Gasteiger partial charge in [-0.2, -0.15) is 0 Å². The lowest BCUT2D eigenvalue weighted by Gasteiger charge is -2.31. The SMILES string of the molecule is CCOc1ccc(S(=O)(=O)NC[C@@H]2COC3(CCCCC3)O2)cc1. The summed E-state index contributed by atoms with van der Waals surface area (Å²) >= 11 is 0. The van der Waals surface area contributed by atoms with Crippen LogP contribution in [0.1, 0.15) is 39.0 Å². The molecular weight excluding hydrogens is 330 g/mol. The number of ether oxygens (including phenoxy) is 3. The van der Waals surface area contributed by atoms with Crippen molar-refractivity contribution in [2.24, 2.45) is 0 Å². The minimum Gasteiger partial charge on any atom is -0.494 e. The Morgan fingerprint density at radius 1 is 1.21 bits per heavy atom. The van der Waals surface area contributed by atoms with E-state index in [1.807, 2.05) is 6.92 Å². The number of nitrogens with one attached hydrogen (secondary N) is 1. The molecule has 0 bridgehead atoms. The summed E-state index contributed by atoms with van der Waals surface area (Å²) in [7, 11) is -3.56. The van der Waals surface area contributed by atoms with Crippen LogP contribution in [0.15, 0.2) is 29.2 Å². The first-order valence-corrected chi connectivity index (χ1v) is 10.1. The molecule has 2 fully saturated rings. The second-order valence-electron chi connectivity index (χ2n) is 6.28. The first-order chi connectivity index (χ1) is 11.5. The molecule has 24 heavy (non-hydrogen) atoms. The van der Waals surface area contributed by atoms with E-state index in [0.29, 0.717) is 19.0 Å². The van der Waals surface area contributed by atoms with Gasteiger partial charge in [0.15, 0.2) is 5.79 Å². The summed E-state index contributed by atoms with van der Waals surface area (Å²) in [6.07, 6.45) is 4.98. The Morgan fingerprint density at radius 3 is 2.58 bits per heavy atom. The van der Waals surface area contributed by atoms with Gasteiger partial charge in [-0.25, -0.2) is 13.1 Å². The van der Waals surface area contributed by atoms with Gasteiger partial charge in [-0.3, -0.25) is 0 Å². The van der Waals surface area contributed by atoms with Crippen LogP contribution in [0.4, 0.5) is 0 Å². The lowest BCUT2D eigenvalue weighted by Crippen LogP contribution is -2.37. The molecule has 1 N–H and O–H groups in total. The summed E-state index contributed by atoms with van der Waals surface area (Å²) in [5, 5.41) is 0. The maximum Gasteiger partial charge on any atom is 0.240 e. The predicted octanol–water partition coefficient (Wildman–Crippen LogP) is 2.44. The summed E-state index contributed by atoms with van der Waals surface area (Å²) < 4.78 is 44.5. The van der Waals surface area contributed by atoms with Crippen molar-refractivity contribution in [3.05, 3.63) is 24.3 Å². The van der Waals surface area contributed by atoms with Crippen LogP contribution in [0.25, 0.3) is 0 Å². The first kappa shape index (κ1) is 17.7. The summed E-state index contributed by atoms with van der Waals surface area (Å²) in [6.45, 7) is 3.09. The number of hydrogen-bond donors (Lipinski definition) is 1. The molecule has 0 amide bonds. The Hall–Kier alpha value is -1.15. The molecular formula is C17H25NO5S. The van der Waals surface area contributed by atoms with E-state index >= 15 is 0 Å². The van der Waals surface area contributed by atoms with Crippen molar-refractivity contribution in [3.8, 4) is 5.75 Å². The molecule has 0 radical (unpaired) electrons. The molecule has 3 rings (SSSR count). The molecule has 1 spiro atoms. The highest BCUT2D eigenvalue weighted by Gasteiger charge is 2.42. The molecule has 1 aromatic carbocycles. The van der Waals surface area contributed by atoms with Crippen molar-refractivity contribution < 1.29 is 22.6 Å². The highest BCUT2D eigenvalue weighted by atomic mass is 32.2. The van der Waals surface area contributed by atoms with E-state index in [1.54, 1.807) is 24.3 Å². The van der Waals surface area contributed by atoms with Gasteiger partial charge in [-0.05, 0) is 44.0 Å². The van der Waals surface area contributed by atoms with Crippen LogP contribution in [0, 0.1) is 0 Å². The molecule has 1 atom stereocenters. The van der Waals surface area contributed by atoms with E-state index in [9.17, 15) is 8.42 Å². The number of rotatable bonds is 6. The number of benzene rings is 1. The smallest absolute Gasteiger partial charge is 0.240 e. The largest absolute Gasteiger partial charge is 0.494 e. The van der Waals surface area contributed by atoms with E-state index in [-0.39, 0.29) is 17.5 Å². The highest BCUT2D eigenvalue weighted by molar-refractivity contribution is 7.89. The Labute approximate surface area is 143 Å². The van der Waals surface area contributed by atoms with Crippen molar-refractivity contribution in [1.29, 1.82) is 0 Å². The minimum absolute atomic E-state index is 0.220. The summed E-state index contributed by atoms with van der Waals surface area (Å²) in [5.41, 5.74) is 0. The number of sulfonamides is 1. The minimum atomic E-state index is -3.56. The van der Waals surface area contributed by atoms with Crippen LogP contribution in [0.5, 0.6) is 5.75 Å². The summed E-state index contributed by atoms with van der Waals surface area (Å²) in [6, 6.07) is 6.40. The van der Waals surface area contributed by atoms with Crippen LogP contribution in [-0.2, 0) is 19.5 Å². The maximum atomic E-state index is 12.4. The molecule has 1 saturated heterocycles. The van der Waals surface area contributed by atoms with Crippen molar-refractivity contribution in [3.63, 3.8) is 0 Å². The van der Waals surface area contributed by atoms with Crippen LogP contribution in [0.2, 0.25) is 0 Å². The molecule has 134 valence electrons. The molecule has 2 aliphatic rings. The van der Waals surface area contributed by atoms with E-state index in [2.05, 4.69) is 4.72 Å². The molecule has 7 heteroatoms. The Kier molecular flexibility index (Phi) is 5.44. The summed E-state index contributed by atoms with van der Waals surface area (Å²) in [5.74, 6) is 0.177. The van der Waals surface area contributed by atoms with Crippen LogP contribution in [-0.4, -0.2) is 40.1 Å². The van der Waals surface area contributed by atoms with Gasteiger partial charge in [0.05, 0.1) is 24.2 Å². The molecule has 0 unspecified atom stereocenters. The Balaban J connectivity index is 1.55. The van der Waals surface area contributed by atoms with Gasteiger partial charge in [0.25, 0.3) is 0 Å². The van der Waals surface area contributed by atoms with Crippen LogP contribution >= 0.6 is 0 Å². The third-order valence-electron chi connectivity index (χ3n) is 4.48. The van der Waals surface area contributed by atoms with Crippen molar-refractivity contribution in [1.82, 2.24) is 4.72 Å². The standard InChI is InChI=1S/C17H25NO5S/c1-2-21-14-6-8-16(9-7-14)24(19,20)18-12-15-13-22-17(23-15)10-4-3-5-11-17/h6-9,15,18H,2-5,10-13H2,1H3/t15-/m1/s1. The Morgan fingerprint density at radius 2 is 1.92 bits per heavy atom. The fourth-order valence-electron chi connectivity index (χ4n) is 3.24. The zero-order chi connectivity index (χ0) is 17.0. The average Bonchev–Trinajstić information content (AvgIpc) is 2.97. The third-order valence-corrected chi connectivity index (χ3v) is 5.91. The normalized spacial score (nSPS) is 23.5. The van der Waals surface area contributed by atoms with E-state index in [1.165, 1.54) is 6.42 Å². The van der Waals surface area contributed by atoms with Gasteiger partial charge in [-0.1, -0.05) is 6.42 Å². The Bertz CT molecular complexity index is 637. The fourth-order valence-corrected chi connectivity index (χ4v) is 4.30. The zero-order valence-corrected chi connectivity index (χ0v) is 14.8. The molecule has 1 saturated carbocycles. The van der Waals surface area contributed by atoms with E-state index < -0.39 is 15.8 Å². The predicted molar refractivity (Wildman–Crippen MR) is 89.4 cm³/mol. The van der Waals surface area contributed by atoms with Crippen molar-refractivity contribution in [2.75, 3.05) is 19.8 Å². The second-order valence-corrected chi connectivity index (χ2v) is 8.05. The van der Waals surface area contributed by atoms with Gasteiger partial charge in [-0.15, -0.1) is 0 Å². The van der Waals surface area contributed by atoms with Crippen molar-refractivity contribution in [2.45, 2.75) is 55.8 Å². The van der Waals surface area contributed by atoms with Gasteiger partial charge in [0.1, 0.15) is 5.75 Å². The first-order valence-electron chi connectivity index (χ1n) is 8.57. The molecule has 1 aliphatic heterocycles. The molecule has 1 aliphatic carbocycles. The lowest BCUT2D eigenvalue weighted by atomic mass is 9.94. The highest BCUT2D eigenvalue weighted by Crippen LogP contribution is 2.37. The fraction of sp³-hybridized carbons (Fsp3) is 0.647. The maximum absolute atomic E-state index is 12.4. The van der Waals surface area contributed by atoms with Gasteiger partial charge >= 0.3 is 0 Å². The third kappa shape index (κ3) is 4.08. The average molecular weight is 355 g/mol. The molecule has 0 aromatic heterocycles. The molecule has 6 nitrogen and oxygen atoms in total. The van der Waals surface area contributed by atoms with Gasteiger partial charge in [0.2, 0.25) is 10.0 Å². The van der Waals surface area contributed by atoms with Crippen LogP contribution in [0.3, 0.4) is 0 Å². The number of hydrogen-bond acceptors (Lipinski definition) is 5. The van der Waals surface area contributed by atoms with E-state index in [0.717, 1.165) is 25.7 Å². The quantitative estimate of drug-likeness (QED) is 0.848. The van der Waals surface area contributed by atoms with Crippen molar-refractivity contribution >= 4 is 10.0 Å². The zero-order valence-electron chi connectivity index (χ0n) is 14.0. The van der Waals surface area contributed by atoms with Crippen LogP contribution < -0.4 is 9.46 Å². The topological polar surface area (TPSA) is 73.9 Å². The second kappa shape index (κ2) is 7.39. The van der Waals surface area contributed by atoms with Gasteiger partial charge < -0.3 is 14.2 Å². The monoisotopic (exact) mass is 355 g/mol. The lowest BCUT2D eigenvalue weighted by molar-refractivity contribution is -0.186. The van der Waals surface area contributed by atoms with Gasteiger partial charge in [0, 0.05) is 19.4 Å². The molecule has 1 heterocycles.